The molecule has 0 saturated heterocycles. The summed E-state index contributed by atoms with van der Waals surface area (Å²) in [6.07, 6.45) is 18.2. The standard InChI is InChI=1S/C27H35N2/c1-5-28(6-2)26-15-11-22(12-16-26)19-24-9-10-25(21-24)20-23-13-17-27(18-14-23)29(7-3)8-4/h11-21H,5-10H2,1-4H3/q+1. The summed E-state index contributed by atoms with van der Waals surface area (Å²) < 4.78 is 2.38. The maximum absolute atomic E-state index is 2.38. The van der Waals surface area contributed by atoms with E-state index in [2.05, 4.69) is 104 Å². The van der Waals surface area contributed by atoms with E-state index in [-0.39, 0.29) is 0 Å². The molecule has 2 aliphatic carbocycles. The van der Waals surface area contributed by atoms with Crippen LogP contribution in [-0.2, 0) is 0 Å². The molecule has 0 heterocycles. The summed E-state index contributed by atoms with van der Waals surface area (Å²) in [4.78, 5) is 2.38. The number of hydrogen-bond donors (Lipinski definition) is 0. The van der Waals surface area contributed by atoms with Crippen LogP contribution in [0.2, 0.25) is 0 Å². The molecule has 0 amide bonds. The van der Waals surface area contributed by atoms with Gasteiger partial charge in [-0.15, -0.1) is 0 Å². The molecule has 0 aliphatic heterocycles. The van der Waals surface area contributed by atoms with Crippen LogP contribution < -0.4 is 4.90 Å². The molecule has 0 radical (unpaired) electrons. The van der Waals surface area contributed by atoms with Crippen molar-refractivity contribution >= 4 is 17.5 Å². The fourth-order valence-corrected chi connectivity index (χ4v) is 4.07. The van der Waals surface area contributed by atoms with Crippen LogP contribution in [0.1, 0.15) is 46.1 Å². The van der Waals surface area contributed by atoms with Gasteiger partial charge in [0, 0.05) is 30.9 Å². The number of nitrogens with zero attached hydrogens (tertiary/aromatic N) is 2. The van der Waals surface area contributed by atoms with Crippen LogP contribution in [0.3, 0.4) is 0 Å². The lowest BCUT2D eigenvalue weighted by molar-refractivity contribution is -0.519. The summed E-state index contributed by atoms with van der Waals surface area (Å²) in [7, 11) is 0. The summed E-state index contributed by atoms with van der Waals surface area (Å²) in [5, 5.41) is 0. The highest BCUT2D eigenvalue weighted by molar-refractivity contribution is 6.02. The molecule has 0 N–H and O–H groups in total. The summed E-state index contributed by atoms with van der Waals surface area (Å²) in [6, 6.07) is 8.95. The Balaban J connectivity index is 1.69. The lowest BCUT2D eigenvalue weighted by Crippen LogP contribution is -2.21. The van der Waals surface area contributed by atoms with Crippen molar-refractivity contribution < 1.29 is 4.58 Å². The Morgan fingerprint density at radius 2 is 1.48 bits per heavy atom. The predicted molar refractivity (Wildman–Crippen MR) is 128 cm³/mol. The molecule has 0 aromatic heterocycles. The van der Waals surface area contributed by atoms with Crippen LogP contribution in [0.15, 0.2) is 77.4 Å². The highest BCUT2D eigenvalue weighted by Gasteiger charge is 2.11. The zero-order chi connectivity index (χ0) is 20.6. The van der Waals surface area contributed by atoms with Crippen LogP contribution in [0.5, 0.6) is 0 Å². The smallest absolute Gasteiger partial charge is 0.199 e. The number of benzene rings is 1. The van der Waals surface area contributed by atoms with Gasteiger partial charge in [0.1, 0.15) is 13.1 Å². The second-order valence-electron chi connectivity index (χ2n) is 7.61. The number of rotatable bonds is 7. The topological polar surface area (TPSA) is 6.25 Å². The molecule has 152 valence electrons. The monoisotopic (exact) mass is 387 g/mol. The van der Waals surface area contributed by atoms with Crippen LogP contribution in [0, 0.1) is 0 Å². The largest absolute Gasteiger partial charge is 0.372 e. The minimum absolute atomic E-state index is 1.05. The average molecular weight is 388 g/mol. The lowest BCUT2D eigenvalue weighted by Gasteiger charge is -2.20. The van der Waals surface area contributed by atoms with Gasteiger partial charge in [0.25, 0.3) is 0 Å². The van der Waals surface area contributed by atoms with E-state index in [0.29, 0.717) is 0 Å². The first kappa shape index (κ1) is 21.1. The van der Waals surface area contributed by atoms with E-state index in [9.17, 15) is 0 Å². The molecule has 2 aliphatic rings. The van der Waals surface area contributed by atoms with E-state index in [1.807, 2.05) is 0 Å². The molecule has 0 atom stereocenters. The summed E-state index contributed by atoms with van der Waals surface area (Å²) in [6.45, 7) is 13.0. The van der Waals surface area contributed by atoms with Crippen molar-refractivity contribution in [2.75, 3.05) is 31.1 Å². The molecule has 3 rings (SSSR count). The Labute approximate surface area is 177 Å². The first-order valence-electron chi connectivity index (χ1n) is 11.1. The van der Waals surface area contributed by atoms with E-state index >= 15 is 0 Å². The van der Waals surface area contributed by atoms with Gasteiger partial charge in [-0.25, -0.2) is 4.58 Å². The van der Waals surface area contributed by atoms with Gasteiger partial charge in [0.2, 0.25) is 0 Å². The molecule has 0 bridgehead atoms. The van der Waals surface area contributed by atoms with Gasteiger partial charge in [-0.3, -0.25) is 0 Å². The molecule has 29 heavy (non-hydrogen) atoms. The van der Waals surface area contributed by atoms with E-state index in [4.69, 9.17) is 0 Å². The Morgan fingerprint density at radius 3 is 2.07 bits per heavy atom. The highest BCUT2D eigenvalue weighted by Crippen LogP contribution is 2.28. The minimum Gasteiger partial charge on any atom is -0.372 e. The van der Waals surface area contributed by atoms with Crippen molar-refractivity contribution in [1.29, 1.82) is 0 Å². The van der Waals surface area contributed by atoms with E-state index in [1.165, 1.54) is 33.7 Å². The second kappa shape index (κ2) is 10.2. The molecule has 0 fully saturated rings. The maximum atomic E-state index is 2.38. The highest BCUT2D eigenvalue weighted by atomic mass is 15.1. The molecule has 0 spiro atoms. The molecule has 0 unspecified atom stereocenters. The lowest BCUT2D eigenvalue weighted by atomic mass is 10.0. The molecule has 0 saturated carbocycles. The van der Waals surface area contributed by atoms with Crippen LogP contribution >= 0.6 is 0 Å². The van der Waals surface area contributed by atoms with Gasteiger partial charge in [-0.2, -0.15) is 0 Å². The Morgan fingerprint density at radius 1 is 0.828 bits per heavy atom. The number of allylic oxidation sites excluding steroid dienone is 9. The Kier molecular flexibility index (Phi) is 7.46. The average Bonchev–Trinajstić information content (AvgIpc) is 3.19. The zero-order valence-corrected chi connectivity index (χ0v) is 18.5. The van der Waals surface area contributed by atoms with Crippen LogP contribution in [0.4, 0.5) is 5.69 Å². The maximum Gasteiger partial charge on any atom is 0.199 e. The van der Waals surface area contributed by atoms with E-state index < -0.39 is 0 Å². The molecule has 2 nitrogen and oxygen atoms in total. The summed E-state index contributed by atoms with van der Waals surface area (Å²) in [5.41, 5.74) is 8.04. The van der Waals surface area contributed by atoms with Crippen molar-refractivity contribution in [3.05, 3.63) is 83.0 Å². The van der Waals surface area contributed by atoms with Crippen molar-refractivity contribution in [3.8, 4) is 0 Å². The SMILES string of the molecule is CCN(CC)c1ccc(/C=C2\C=C(C=C3C=CC(=[N+](CC)CC)C=C3)CC2)cc1. The van der Waals surface area contributed by atoms with E-state index in [0.717, 1.165) is 39.0 Å². The van der Waals surface area contributed by atoms with Gasteiger partial charge in [0.05, 0.1) is 0 Å². The third-order valence-electron chi connectivity index (χ3n) is 5.82. The van der Waals surface area contributed by atoms with Crippen molar-refractivity contribution in [1.82, 2.24) is 0 Å². The molecular weight excluding hydrogens is 352 g/mol. The van der Waals surface area contributed by atoms with E-state index in [1.54, 1.807) is 0 Å². The third-order valence-corrected chi connectivity index (χ3v) is 5.82. The van der Waals surface area contributed by atoms with Gasteiger partial charge in [0.15, 0.2) is 5.71 Å². The minimum atomic E-state index is 1.05. The number of anilines is 1. The van der Waals surface area contributed by atoms with Crippen molar-refractivity contribution in [2.24, 2.45) is 0 Å². The van der Waals surface area contributed by atoms with Gasteiger partial charge < -0.3 is 4.90 Å². The molecular formula is C27H35N2+. The van der Waals surface area contributed by atoms with Gasteiger partial charge >= 0.3 is 0 Å². The number of hydrogen-bond acceptors (Lipinski definition) is 1. The molecule has 1 aromatic rings. The first-order valence-corrected chi connectivity index (χ1v) is 11.1. The first-order chi connectivity index (χ1) is 14.2. The molecule has 1 aromatic carbocycles. The van der Waals surface area contributed by atoms with Crippen LogP contribution in [0.25, 0.3) is 6.08 Å². The Bertz CT molecular complexity index is 861. The second-order valence-corrected chi connectivity index (χ2v) is 7.61. The quantitative estimate of drug-likeness (QED) is 0.506. The summed E-state index contributed by atoms with van der Waals surface area (Å²) >= 11 is 0. The zero-order valence-electron chi connectivity index (χ0n) is 18.5. The normalized spacial score (nSPS) is 17.1. The fraction of sp³-hybridized carbons (Fsp3) is 0.370. The molecule has 2 heteroatoms. The van der Waals surface area contributed by atoms with Crippen LogP contribution in [-0.4, -0.2) is 36.5 Å². The van der Waals surface area contributed by atoms with Gasteiger partial charge in [-0.1, -0.05) is 30.4 Å². The van der Waals surface area contributed by atoms with Crippen molar-refractivity contribution in [2.45, 2.75) is 40.5 Å². The third kappa shape index (κ3) is 5.47. The Hall–Kier alpha value is -2.61. The van der Waals surface area contributed by atoms with Gasteiger partial charge in [-0.05, 0) is 87.1 Å². The fourth-order valence-electron chi connectivity index (χ4n) is 4.07. The predicted octanol–water partition coefficient (Wildman–Crippen LogP) is 6.18. The van der Waals surface area contributed by atoms with Crippen molar-refractivity contribution in [3.63, 3.8) is 0 Å². The summed E-state index contributed by atoms with van der Waals surface area (Å²) in [5.74, 6) is 0.